The van der Waals surface area contributed by atoms with Crippen molar-refractivity contribution in [3.05, 3.63) is 35.7 Å². The van der Waals surface area contributed by atoms with Crippen LogP contribution in [0.5, 0.6) is 0 Å². The molecule has 1 aromatic heterocycles. The van der Waals surface area contributed by atoms with Crippen molar-refractivity contribution in [3.63, 3.8) is 0 Å². The minimum Gasteiger partial charge on any atom is -0.371 e. The third kappa shape index (κ3) is 2.72. The molecule has 2 heterocycles. The largest absolute Gasteiger partial charge is 0.371 e. The first-order chi connectivity index (χ1) is 10.6. The summed E-state index contributed by atoms with van der Waals surface area (Å²) < 4.78 is 28.8. The van der Waals surface area contributed by atoms with E-state index < -0.39 is 6.43 Å². The summed E-state index contributed by atoms with van der Waals surface area (Å²) in [5.41, 5.74) is 3.63. The number of aryl methyl sites for hydroxylation is 2. The Balaban J connectivity index is 2.11. The van der Waals surface area contributed by atoms with Crippen LogP contribution in [0.15, 0.2) is 24.5 Å². The molecule has 3 nitrogen and oxygen atoms in total. The van der Waals surface area contributed by atoms with Gasteiger partial charge in [-0.15, -0.1) is 0 Å². The lowest BCUT2D eigenvalue weighted by atomic mass is 9.93. The molecule has 0 amide bonds. The van der Waals surface area contributed by atoms with E-state index in [1.807, 2.05) is 6.07 Å². The first-order valence-electron chi connectivity index (χ1n) is 7.79. The molecule has 118 valence electrons. The summed E-state index contributed by atoms with van der Waals surface area (Å²) in [5, 5.41) is 4.11. The number of halogens is 2. The van der Waals surface area contributed by atoms with E-state index in [9.17, 15) is 8.78 Å². The number of benzene rings is 1. The molecule has 0 saturated heterocycles. The number of rotatable bonds is 4. The maximum absolute atomic E-state index is 13.6. The van der Waals surface area contributed by atoms with Crippen LogP contribution in [-0.2, 0) is 13.5 Å². The Labute approximate surface area is 129 Å². The molecule has 0 bridgehead atoms. The maximum Gasteiger partial charge on any atom is 0.264 e. The molecule has 2 aromatic rings. The molecule has 0 aliphatic carbocycles. The van der Waals surface area contributed by atoms with Crippen molar-refractivity contribution >= 4 is 5.69 Å². The number of fused-ring (bicyclic) bond motifs is 1. The monoisotopic (exact) mass is 305 g/mol. The first kappa shape index (κ1) is 15.0. The van der Waals surface area contributed by atoms with Crippen molar-refractivity contribution < 1.29 is 8.78 Å². The van der Waals surface area contributed by atoms with Crippen LogP contribution in [0.25, 0.3) is 11.1 Å². The zero-order chi connectivity index (χ0) is 15.7. The van der Waals surface area contributed by atoms with Crippen molar-refractivity contribution in [2.24, 2.45) is 7.05 Å². The van der Waals surface area contributed by atoms with E-state index in [1.54, 1.807) is 30.2 Å². The van der Waals surface area contributed by atoms with E-state index in [-0.39, 0.29) is 5.56 Å². The van der Waals surface area contributed by atoms with Gasteiger partial charge in [0.05, 0.1) is 6.20 Å². The van der Waals surface area contributed by atoms with Gasteiger partial charge >= 0.3 is 0 Å². The summed E-state index contributed by atoms with van der Waals surface area (Å²) in [4.78, 5) is 2.23. The fourth-order valence-electron chi connectivity index (χ4n) is 3.22. The highest BCUT2D eigenvalue weighted by Crippen LogP contribution is 2.38. The van der Waals surface area contributed by atoms with Crippen molar-refractivity contribution in [2.45, 2.75) is 32.6 Å². The average Bonchev–Trinajstić information content (AvgIpc) is 2.93. The van der Waals surface area contributed by atoms with E-state index in [0.717, 1.165) is 43.6 Å². The Morgan fingerprint density at radius 1 is 1.32 bits per heavy atom. The van der Waals surface area contributed by atoms with Gasteiger partial charge in [-0.2, -0.15) is 5.10 Å². The van der Waals surface area contributed by atoms with Gasteiger partial charge in [-0.05, 0) is 42.5 Å². The van der Waals surface area contributed by atoms with Gasteiger partial charge in [-0.25, -0.2) is 8.78 Å². The zero-order valence-electron chi connectivity index (χ0n) is 13.0. The standard InChI is InChI=1S/C17H21F2N3/c1-3-6-22-7-4-5-12-8-14(13-10-20-21(2)11-13)15(17(18)19)9-16(12)22/h8-11,17H,3-7H2,1-2H3. The van der Waals surface area contributed by atoms with Crippen LogP contribution in [0, 0.1) is 0 Å². The minimum atomic E-state index is -2.48. The molecule has 22 heavy (non-hydrogen) atoms. The molecule has 0 spiro atoms. The van der Waals surface area contributed by atoms with Crippen LogP contribution in [0.2, 0.25) is 0 Å². The van der Waals surface area contributed by atoms with Crippen LogP contribution in [-0.4, -0.2) is 22.9 Å². The fraction of sp³-hybridized carbons (Fsp3) is 0.471. The van der Waals surface area contributed by atoms with E-state index in [4.69, 9.17) is 0 Å². The van der Waals surface area contributed by atoms with Crippen LogP contribution >= 0.6 is 0 Å². The molecule has 0 saturated carbocycles. The van der Waals surface area contributed by atoms with Crippen LogP contribution in [0.1, 0.15) is 37.3 Å². The van der Waals surface area contributed by atoms with Crippen molar-refractivity contribution in [3.8, 4) is 11.1 Å². The van der Waals surface area contributed by atoms with Gasteiger partial charge in [0.25, 0.3) is 6.43 Å². The first-order valence-corrected chi connectivity index (χ1v) is 7.79. The average molecular weight is 305 g/mol. The SMILES string of the molecule is CCCN1CCCc2cc(-c3cnn(C)c3)c(C(F)F)cc21. The van der Waals surface area contributed by atoms with E-state index in [0.29, 0.717) is 5.56 Å². The second-order valence-corrected chi connectivity index (χ2v) is 5.86. The number of hydrogen-bond acceptors (Lipinski definition) is 2. The molecule has 0 radical (unpaired) electrons. The number of anilines is 1. The van der Waals surface area contributed by atoms with Crippen molar-refractivity contribution in [1.29, 1.82) is 0 Å². The number of nitrogens with zero attached hydrogens (tertiary/aromatic N) is 3. The highest BCUT2D eigenvalue weighted by Gasteiger charge is 2.23. The highest BCUT2D eigenvalue weighted by molar-refractivity contribution is 5.73. The molecule has 0 unspecified atom stereocenters. The Bertz CT molecular complexity index is 664. The second-order valence-electron chi connectivity index (χ2n) is 5.86. The quantitative estimate of drug-likeness (QED) is 0.844. The van der Waals surface area contributed by atoms with Gasteiger partial charge in [-0.3, -0.25) is 4.68 Å². The van der Waals surface area contributed by atoms with Gasteiger partial charge in [0.2, 0.25) is 0 Å². The maximum atomic E-state index is 13.6. The van der Waals surface area contributed by atoms with E-state index in [2.05, 4.69) is 16.9 Å². The third-order valence-electron chi connectivity index (χ3n) is 4.21. The summed E-state index contributed by atoms with van der Waals surface area (Å²) in [7, 11) is 1.80. The number of aromatic nitrogens is 2. The summed E-state index contributed by atoms with van der Waals surface area (Å²) in [5.74, 6) is 0. The Kier molecular flexibility index (Phi) is 4.14. The zero-order valence-corrected chi connectivity index (χ0v) is 13.0. The normalized spacial score (nSPS) is 14.5. The molecular formula is C17H21F2N3. The van der Waals surface area contributed by atoms with Crippen molar-refractivity contribution in [2.75, 3.05) is 18.0 Å². The Morgan fingerprint density at radius 2 is 2.14 bits per heavy atom. The number of hydrogen-bond donors (Lipinski definition) is 0. The fourth-order valence-corrected chi connectivity index (χ4v) is 3.22. The van der Waals surface area contributed by atoms with Crippen LogP contribution < -0.4 is 4.90 Å². The molecule has 0 N–H and O–H groups in total. The Hall–Kier alpha value is -1.91. The molecular weight excluding hydrogens is 284 g/mol. The summed E-state index contributed by atoms with van der Waals surface area (Å²) in [6.07, 6.45) is 4.01. The molecule has 3 rings (SSSR count). The smallest absolute Gasteiger partial charge is 0.264 e. The predicted octanol–water partition coefficient (Wildman–Crippen LogP) is 4.19. The van der Waals surface area contributed by atoms with Crippen molar-refractivity contribution in [1.82, 2.24) is 9.78 Å². The lowest BCUT2D eigenvalue weighted by Gasteiger charge is -2.32. The van der Waals surface area contributed by atoms with E-state index >= 15 is 0 Å². The van der Waals surface area contributed by atoms with Gasteiger partial charge in [0.15, 0.2) is 0 Å². The second kappa shape index (κ2) is 6.07. The van der Waals surface area contributed by atoms with Gasteiger partial charge < -0.3 is 4.90 Å². The summed E-state index contributed by atoms with van der Waals surface area (Å²) in [6, 6.07) is 3.63. The van der Waals surface area contributed by atoms with Gasteiger partial charge in [-0.1, -0.05) is 6.92 Å². The molecule has 0 atom stereocenters. The van der Waals surface area contributed by atoms with E-state index in [1.165, 1.54) is 5.56 Å². The summed E-state index contributed by atoms with van der Waals surface area (Å²) in [6.45, 7) is 3.99. The Morgan fingerprint density at radius 3 is 2.77 bits per heavy atom. The van der Waals surface area contributed by atoms with Crippen LogP contribution in [0.3, 0.4) is 0 Å². The lowest BCUT2D eigenvalue weighted by Crippen LogP contribution is -2.30. The minimum absolute atomic E-state index is 0.106. The molecule has 1 aliphatic rings. The molecule has 1 aromatic carbocycles. The summed E-state index contributed by atoms with van der Waals surface area (Å²) >= 11 is 0. The lowest BCUT2D eigenvalue weighted by molar-refractivity contribution is 0.152. The number of alkyl halides is 2. The highest BCUT2D eigenvalue weighted by atomic mass is 19.3. The topological polar surface area (TPSA) is 21.1 Å². The third-order valence-corrected chi connectivity index (χ3v) is 4.21. The molecule has 0 fully saturated rings. The van der Waals surface area contributed by atoms with Gasteiger partial charge in [0, 0.05) is 43.1 Å². The van der Waals surface area contributed by atoms with Crippen LogP contribution in [0.4, 0.5) is 14.5 Å². The molecule has 1 aliphatic heterocycles. The molecule has 5 heteroatoms. The van der Waals surface area contributed by atoms with Gasteiger partial charge in [0.1, 0.15) is 0 Å². The predicted molar refractivity (Wildman–Crippen MR) is 84.4 cm³/mol.